The summed E-state index contributed by atoms with van der Waals surface area (Å²) < 4.78 is 13.4. The summed E-state index contributed by atoms with van der Waals surface area (Å²) >= 11 is 6.71. The lowest BCUT2D eigenvalue weighted by Gasteiger charge is -2.13. The van der Waals surface area contributed by atoms with Crippen molar-refractivity contribution in [1.29, 1.82) is 0 Å². The molecule has 0 aliphatic carbocycles. The molecule has 1 rings (SSSR count). The molecule has 0 saturated carbocycles. The van der Waals surface area contributed by atoms with Gasteiger partial charge >= 0.3 is 0 Å². The number of hydrogen-bond donors (Lipinski definition) is 1. The maximum Gasteiger partial charge on any atom is 0.252 e. The molecule has 0 spiro atoms. The first-order valence-corrected chi connectivity index (χ1v) is 9.71. The van der Waals surface area contributed by atoms with Gasteiger partial charge in [-0.3, -0.25) is 4.79 Å². The second kappa shape index (κ2) is 10.6. The van der Waals surface area contributed by atoms with Gasteiger partial charge in [0.1, 0.15) is 0 Å². The Labute approximate surface area is 166 Å². The van der Waals surface area contributed by atoms with Crippen LogP contribution in [0.15, 0.2) is 12.1 Å². The summed E-state index contributed by atoms with van der Waals surface area (Å²) in [7, 11) is 3.27. The molecule has 0 aliphatic heterocycles. The van der Waals surface area contributed by atoms with E-state index in [0.29, 0.717) is 6.54 Å². The number of methoxy groups -OCH3 is 2. The highest BCUT2D eigenvalue weighted by Gasteiger charge is 2.13. The van der Waals surface area contributed by atoms with Gasteiger partial charge in [0.15, 0.2) is 6.29 Å². The van der Waals surface area contributed by atoms with Gasteiger partial charge in [0.2, 0.25) is 0 Å². The van der Waals surface area contributed by atoms with Crippen LogP contribution in [0.5, 0.6) is 0 Å². The van der Waals surface area contributed by atoms with Crippen LogP contribution in [0.25, 0.3) is 0 Å². The normalized spacial score (nSPS) is 11.0. The minimum Gasteiger partial charge on any atom is -0.356 e. The first-order valence-electron chi connectivity index (χ1n) is 6.48. The molecule has 0 aromatic heterocycles. The summed E-state index contributed by atoms with van der Waals surface area (Å²) in [5.41, 5.74) is 0.749. The molecule has 0 bridgehead atoms. The van der Waals surface area contributed by atoms with E-state index in [2.05, 4.69) is 79.2 Å². The number of hydrogen-bond acceptors (Lipinski definition) is 3. The molecule has 0 saturated heterocycles. The van der Waals surface area contributed by atoms with Gasteiger partial charge in [0.25, 0.3) is 5.91 Å². The Morgan fingerprint density at radius 3 is 2.48 bits per heavy atom. The van der Waals surface area contributed by atoms with Gasteiger partial charge < -0.3 is 14.8 Å². The lowest BCUT2D eigenvalue weighted by Crippen LogP contribution is -2.26. The quantitative estimate of drug-likeness (QED) is 0.205. The van der Waals surface area contributed by atoms with Crippen LogP contribution in [-0.4, -0.2) is 33.0 Å². The van der Waals surface area contributed by atoms with Crippen molar-refractivity contribution in [3.05, 3.63) is 28.4 Å². The predicted molar refractivity (Wildman–Crippen MR) is 109 cm³/mol. The first-order chi connectivity index (χ1) is 9.99. The van der Waals surface area contributed by atoms with E-state index in [1.54, 1.807) is 14.2 Å². The third-order valence-electron chi connectivity index (χ3n) is 2.92. The third-order valence-corrected chi connectivity index (χ3v) is 6.58. The van der Waals surface area contributed by atoms with Crippen LogP contribution in [0.1, 0.15) is 29.6 Å². The highest BCUT2D eigenvalue weighted by molar-refractivity contribution is 14.1. The van der Waals surface area contributed by atoms with Gasteiger partial charge in [-0.2, -0.15) is 0 Å². The standard InChI is InChI=1S/C14H18I3NO3/c1-20-12(21-2)5-3-4-6-18-14(19)10-7-9(15)8-11(16)13(10)17/h7-8,12H,3-6H2,1-2H3,(H,18,19). The summed E-state index contributed by atoms with van der Waals surface area (Å²) in [5, 5.41) is 2.97. The van der Waals surface area contributed by atoms with Gasteiger partial charge in [-0.1, -0.05) is 0 Å². The molecule has 1 aromatic carbocycles. The van der Waals surface area contributed by atoms with Gasteiger partial charge in [0, 0.05) is 31.5 Å². The maximum absolute atomic E-state index is 12.2. The lowest BCUT2D eigenvalue weighted by molar-refractivity contribution is -0.107. The molecule has 0 fully saturated rings. The molecule has 1 aromatic rings. The van der Waals surface area contributed by atoms with E-state index < -0.39 is 0 Å². The number of carbonyl (C=O) groups is 1. The smallest absolute Gasteiger partial charge is 0.252 e. The molecule has 0 atom stereocenters. The fourth-order valence-corrected chi connectivity index (χ4v) is 4.19. The predicted octanol–water partition coefficient (Wildman–Crippen LogP) is 4.02. The van der Waals surface area contributed by atoms with Crippen LogP contribution in [0.4, 0.5) is 0 Å². The number of halogens is 3. The summed E-state index contributed by atoms with van der Waals surface area (Å²) in [5.74, 6) is -0.00846. The van der Waals surface area contributed by atoms with Crippen molar-refractivity contribution in [2.24, 2.45) is 0 Å². The number of benzene rings is 1. The Balaban J connectivity index is 2.41. The summed E-state index contributed by atoms with van der Waals surface area (Å²) in [6, 6.07) is 3.99. The van der Waals surface area contributed by atoms with Crippen molar-refractivity contribution in [3.8, 4) is 0 Å². The average Bonchev–Trinajstić information content (AvgIpc) is 2.46. The van der Waals surface area contributed by atoms with Crippen molar-refractivity contribution >= 4 is 73.7 Å². The molecule has 0 unspecified atom stereocenters. The Morgan fingerprint density at radius 2 is 1.86 bits per heavy atom. The number of nitrogens with one attached hydrogen (secondary N) is 1. The molecule has 0 heterocycles. The fourth-order valence-electron chi connectivity index (χ4n) is 1.79. The fraction of sp³-hybridized carbons (Fsp3) is 0.500. The largest absolute Gasteiger partial charge is 0.356 e. The number of rotatable bonds is 8. The van der Waals surface area contributed by atoms with E-state index in [1.165, 1.54) is 0 Å². The SMILES string of the molecule is COC(CCCCNC(=O)c1cc(I)cc(I)c1I)OC. The second-order valence-corrected chi connectivity index (χ2v) is 7.89. The van der Waals surface area contributed by atoms with Crippen molar-refractivity contribution in [2.75, 3.05) is 20.8 Å². The molecule has 21 heavy (non-hydrogen) atoms. The van der Waals surface area contributed by atoms with E-state index in [9.17, 15) is 4.79 Å². The maximum atomic E-state index is 12.2. The van der Waals surface area contributed by atoms with Gasteiger partial charge in [0.05, 0.1) is 5.56 Å². The van der Waals surface area contributed by atoms with Crippen molar-refractivity contribution in [1.82, 2.24) is 5.32 Å². The van der Waals surface area contributed by atoms with Crippen LogP contribution in [0, 0.1) is 10.7 Å². The van der Waals surface area contributed by atoms with Gasteiger partial charge in [-0.15, -0.1) is 0 Å². The summed E-state index contributed by atoms with van der Waals surface area (Å²) in [4.78, 5) is 12.2. The average molecular weight is 629 g/mol. The monoisotopic (exact) mass is 629 g/mol. The molecule has 7 heteroatoms. The second-order valence-electron chi connectivity index (χ2n) is 4.40. The van der Waals surface area contributed by atoms with Crippen molar-refractivity contribution in [3.63, 3.8) is 0 Å². The van der Waals surface area contributed by atoms with Gasteiger partial charge in [-0.25, -0.2) is 0 Å². The van der Waals surface area contributed by atoms with Crippen LogP contribution in [0.2, 0.25) is 0 Å². The van der Waals surface area contributed by atoms with E-state index in [1.807, 2.05) is 6.07 Å². The number of unbranched alkanes of at least 4 members (excludes halogenated alkanes) is 1. The molecule has 0 aliphatic rings. The third kappa shape index (κ3) is 6.83. The zero-order valence-electron chi connectivity index (χ0n) is 11.9. The molecule has 1 amide bonds. The Kier molecular flexibility index (Phi) is 9.97. The Bertz CT molecular complexity index is 479. The van der Waals surface area contributed by atoms with E-state index in [0.717, 1.165) is 35.5 Å². The van der Waals surface area contributed by atoms with Crippen LogP contribution >= 0.6 is 67.8 Å². The van der Waals surface area contributed by atoms with E-state index in [-0.39, 0.29) is 12.2 Å². The lowest BCUT2D eigenvalue weighted by atomic mass is 10.2. The summed E-state index contributed by atoms with van der Waals surface area (Å²) in [6.45, 7) is 0.664. The minimum atomic E-state index is -0.154. The minimum absolute atomic E-state index is 0.00846. The number of carbonyl (C=O) groups excluding carboxylic acids is 1. The van der Waals surface area contributed by atoms with Crippen LogP contribution < -0.4 is 5.32 Å². The van der Waals surface area contributed by atoms with Gasteiger partial charge in [-0.05, 0) is 99.2 Å². The Morgan fingerprint density at radius 1 is 1.19 bits per heavy atom. The van der Waals surface area contributed by atoms with Crippen LogP contribution in [0.3, 0.4) is 0 Å². The molecule has 4 nitrogen and oxygen atoms in total. The van der Waals surface area contributed by atoms with Crippen molar-refractivity contribution < 1.29 is 14.3 Å². The number of ether oxygens (including phenoxy) is 2. The highest BCUT2D eigenvalue weighted by atomic mass is 127. The molecule has 1 N–H and O–H groups in total. The molecule has 0 radical (unpaired) electrons. The molecule has 118 valence electrons. The summed E-state index contributed by atoms with van der Waals surface area (Å²) in [6.07, 6.45) is 2.54. The van der Waals surface area contributed by atoms with E-state index >= 15 is 0 Å². The topological polar surface area (TPSA) is 47.6 Å². The molecular weight excluding hydrogens is 611 g/mol. The molecular formula is C14H18I3NO3. The number of amides is 1. The zero-order valence-corrected chi connectivity index (χ0v) is 18.4. The van der Waals surface area contributed by atoms with E-state index in [4.69, 9.17) is 9.47 Å². The zero-order chi connectivity index (χ0) is 15.8. The Hall–Kier alpha value is 0.800. The highest BCUT2D eigenvalue weighted by Crippen LogP contribution is 2.22. The van der Waals surface area contributed by atoms with Crippen LogP contribution in [-0.2, 0) is 9.47 Å². The first kappa shape index (κ1) is 19.8. The van der Waals surface area contributed by atoms with Crippen molar-refractivity contribution in [2.45, 2.75) is 25.6 Å².